The van der Waals surface area contributed by atoms with Gasteiger partial charge in [-0.1, -0.05) is 17.2 Å². The molecule has 0 saturated carbocycles. The Morgan fingerprint density at radius 3 is 1.68 bits per heavy atom. The van der Waals surface area contributed by atoms with Crippen LogP contribution in [0.5, 0.6) is 5.75 Å². The topological polar surface area (TPSA) is 54.4 Å². The van der Waals surface area contributed by atoms with Gasteiger partial charge < -0.3 is 5.11 Å². The van der Waals surface area contributed by atoms with Crippen LogP contribution in [0, 0.1) is 13.8 Å². The van der Waals surface area contributed by atoms with Crippen molar-refractivity contribution in [3.8, 4) is 5.75 Å². The Morgan fingerprint density at radius 1 is 0.789 bits per heavy atom. The van der Waals surface area contributed by atoms with E-state index >= 15 is 0 Å². The summed E-state index contributed by atoms with van der Waals surface area (Å²) in [6.45, 7) is 3.97. The number of benzene rings is 2. The highest BCUT2D eigenvalue weighted by Crippen LogP contribution is 2.07. The molecule has 0 spiro atoms. The summed E-state index contributed by atoms with van der Waals surface area (Å²) in [5.74, 6) is 0.181. The van der Waals surface area contributed by atoms with Gasteiger partial charge in [0.15, 0.2) is 0 Å². The number of phenols is 1. The monoisotopic (exact) mass is 256 g/mol. The Morgan fingerprint density at radius 2 is 1.26 bits per heavy atom. The van der Waals surface area contributed by atoms with Gasteiger partial charge in [0.2, 0.25) is 0 Å². The third-order valence-electron chi connectivity index (χ3n) is 2.41. The summed E-state index contributed by atoms with van der Waals surface area (Å²) in [5, 5.41) is 8.74. The molecule has 0 aromatic heterocycles. The first-order valence-electron chi connectivity index (χ1n) is 5.83. The summed E-state index contributed by atoms with van der Waals surface area (Å²) in [5.41, 5.74) is 3.62. The molecule has 0 saturated heterocycles. The minimum atomic E-state index is 0.181. The molecule has 2 aromatic rings. The maximum absolute atomic E-state index is 10.3. The summed E-state index contributed by atoms with van der Waals surface area (Å²) >= 11 is 0. The quantitative estimate of drug-likeness (QED) is 0.838. The molecule has 0 amide bonds. The molecule has 0 aliphatic rings. The van der Waals surface area contributed by atoms with Gasteiger partial charge in [-0.25, -0.2) is 0 Å². The number of rotatable bonds is 2. The Bertz CT molecular complexity index is 536. The van der Waals surface area contributed by atoms with Crippen molar-refractivity contribution in [1.82, 2.24) is 0 Å². The first kappa shape index (κ1) is 14.6. The molecule has 2 aromatic carbocycles. The van der Waals surface area contributed by atoms with Gasteiger partial charge >= 0.3 is 0 Å². The zero-order valence-electron chi connectivity index (χ0n) is 11.0. The highest BCUT2D eigenvalue weighted by atomic mass is 16.3. The van der Waals surface area contributed by atoms with E-state index in [1.54, 1.807) is 12.1 Å². The molecule has 0 radical (unpaired) electrons. The molecule has 1 N–H and O–H groups in total. The Labute approximate surface area is 112 Å². The molecule has 2 rings (SSSR count). The number of hydrogen-bond donors (Lipinski definition) is 1. The average molecular weight is 256 g/mol. The molecule has 98 valence electrons. The SMILES string of the molecule is Cc1cc(C)cc(C=O)c1.O=Cc1ccc(O)cc1. The van der Waals surface area contributed by atoms with Crippen LogP contribution in [0.2, 0.25) is 0 Å². The molecule has 0 aliphatic carbocycles. The van der Waals surface area contributed by atoms with Crippen LogP contribution in [0.4, 0.5) is 0 Å². The lowest BCUT2D eigenvalue weighted by molar-refractivity contribution is 0.111. The zero-order valence-corrected chi connectivity index (χ0v) is 11.0. The predicted molar refractivity (Wildman–Crippen MR) is 74.8 cm³/mol. The van der Waals surface area contributed by atoms with Crippen molar-refractivity contribution in [1.29, 1.82) is 0 Å². The number of aldehydes is 2. The minimum absolute atomic E-state index is 0.181. The Balaban J connectivity index is 0.000000191. The second-order valence-electron chi connectivity index (χ2n) is 4.25. The van der Waals surface area contributed by atoms with Crippen LogP contribution in [-0.2, 0) is 0 Å². The molecule has 0 fully saturated rings. The van der Waals surface area contributed by atoms with Gasteiger partial charge in [-0.3, -0.25) is 9.59 Å². The van der Waals surface area contributed by atoms with Gasteiger partial charge in [-0.2, -0.15) is 0 Å². The van der Waals surface area contributed by atoms with Crippen LogP contribution < -0.4 is 0 Å². The summed E-state index contributed by atoms with van der Waals surface area (Å²) < 4.78 is 0. The number of aryl methyl sites for hydroxylation is 2. The molecule has 0 aliphatic heterocycles. The molecule has 0 atom stereocenters. The fourth-order valence-electron chi connectivity index (χ4n) is 1.63. The molecule has 0 bridgehead atoms. The van der Waals surface area contributed by atoms with Crippen LogP contribution in [0.3, 0.4) is 0 Å². The molecule has 3 heteroatoms. The molecule has 0 heterocycles. The third kappa shape index (κ3) is 5.17. The standard InChI is InChI=1S/C9H10O.C7H6O2/c1-7-3-8(2)5-9(4-7)6-10;8-5-6-1-3-7(9)4-2-6/h3-6H,1-2H3;1-5,9H. The minimum Gasteiger partial charge on any atom is -0.508 e. The summed E-state index contributed by atoms with van der Waals surface area (Å²) in [7, 11) is 0. The third-order valence-corrected chi connectivity index (χ3v) is 2.41. The number of carbonyl (C=O) groups excluding carboxylic acids is 2. The summed E-state index contributed by atoms with van der Waals surface area (Å²) in [6.07, 6.45) is 1.61. The number of aromatic hydroxyl groups is 1. The van der Waals surface area contributed by atoms with E-state index in [2.05, 4.69) is 0 Å². The van der Waals surface area contributed by atoms with Crippen molar-refractivity contribution in [2.75, 3.05) is 0 Å². The van der Waals surface area contributed by atoms with Gasteiger partial charge in [0.05, 0.1) is 0 Å². The smallest absolute Gasteiger partial charge is 0.150 e. The zero-order chi connectivity index (χ0) is 14.3. The molecular formula is C16H16O3. The molecule has 3 nitrogen and oxygen atoms in total. The van der Waals surface area contributed by atoms with E-state index in [-0.39, 0.29) is 5.75 Å². The van der Waals surface area contributed by atoms with Gasteiger partial charge in [0.1, 0.15) is 18.3 Å². The van der Waals surface area contributed by atoms with E-state index < -0.39 is 0 Å². The first-order valence-corrected chi connectivity index (χ1v) is 5.83. The predicted octanol–water partition coefficient (Wildman–Crippen LogP) is 3.32. The molecular weight excluding hydrogens is 240 g/mol. The largest absolute Gasteiger partial charge is 0.508 e. The maximum Gasteiger partial charge on any atom is 0.150 e. The van der Waals surface area contributed by atoms with Crippen LogP contribution in [0.25, 0.3) is 0 Å². The fourth-order valence-corrected chi connectivity index (χ4v) is 1.63. The van der Waals surface area contributed by atoms with Gasteiger partial charge in [0.25, 0.3) is 0 Å². The van der Waals surface area contributed by atoms with Crippen LogP contribution >= 0.6 is 0 Å². The van der Waals surface area contributed by atoms with Crippen molar-refractivity contribution in [2.24, 2.45) is 0 Å². The van der Waals surface area contributed by atoms with Gasteiger partial charge in [-0.15, -0.1) is 0 Å². The van der Waals surface area contributed by atoms with Crippen molar-refractivity contribution < 1.29 is 14.7 Å². The van der Waals surface area contributed by atoms with Crippen LogP contribution in [0.1, 0.15) is 31.8 Å². The van der Waals surface area contributed by atoms with E-state index in [9.17, 15) is 9.59 Å². The second-order valence-corrected chi connectivity index (χ2v) is 4.25. The normalized spacial score (nSPS) is 9.16. The summed E-state index contributed by atoms with van der Waals surface area (Å²) in [6, 6.07) is 11.9. The highest BCUT2D eigenvalue weighted by Gasteiger charge is 1.91. The summed E-state index contributed by atoms with van der Waals surface area (Å²) in [4.78, 5) is 20.3. The van der Waals surface area contributed by atoms with Crippen molar-refractivity contribution in [2.45, 2.75) is 13.8 Å². The lowest BCUT2D eigenvalue weighted by Gasteiger charge is -1.96. The maximum atomic E-state index is 10.3. The first-order chi connectivity index (χ1) is 9.05. The van der Waals surface area contributed by atoms with E-state index in [4.69, 9.17) is 5.11 Å². The second kappa shape index (κ2) is 7.11. The number of phenolic OH excluding ortho intramolecular Hbond substituents is 1. The number of carbonyl (C=O) groups is 2. The highest BCUT2D eigenvalue weighted by molar-refractivity contribution is 5.75. The van der Waals surface area contributed by atoms with Crippen molar-refractivity contribution in [3.63, 3.8) is 0 Å². The van der Waals surface area contributed by atoms with Gasteiger partial charge in [-0.05, 0) is 50.2 Å². The average Bonchev–Trinajstić information content (AvgIpc) is 2.39. The van der Waals surface area contributed by atoms with Gasteiger partial charge in [0, 0.05) is 11.1 Å². The van der Waals surface area contributed by atoms with Crippen LogP contribution in [0.15, 0.2) is 42.5 Å². The Kier molecular flexibility index (Phi) is 5.48. The van der Waals surface area contributed by atoms with E-state index in [1.807, 2.05) is 32.0 Å². The number of hydrogen-bond acceptors (Lipinski definition) is 3. The van der Waals surface area contributed by atoms with E-state index in [0.29, 0.717) is 5.56 Å². The van der Waals surface area contributed by atoms with E-state index in [1.165, 1.54) is 12.1 Å². The Hall–Kier alpha value is -2.42. The fraction of sp³-hybridized carbons (Fsp3) is 0.125. The van der Waals surface area contributed by atoms with Crippen molar-refractivity contribution in [3.05, 3.63) is 64.7 Å². The van der Waals surface area contributed by atoms with E-state index in [0.717, 1.165) is 29.3 Å². The molecule has 19 heavy (non-hydrogen) atoms. The lowest BCUT2D eigenvalue weighted by Crippen LogP contribution is -1.83. The van der Waals surface area contributed by atoms with Crippen LogP contribution in [-0.4, -0.2) is 17.7 Å². The van der Waals surface area contributed by atoms with Crippen molar-refractivity contribution >= 4 is 12.6 Å². The molecule has 0 unspecified atom stereocenters. The lowest BCUT2D eigenvalue weighted by atomic mass is 10.1.